The maximum atomic E-state index is 12.5. The minimum atomic E-state index is -0.619. The molecule has 0 aliphatic heterocycles. The molecule has 1 atom stereocenters. The van der Waals surface area contributed by atoms with E-state index in [4.69, 9.17) is 9.26 Å². The van der Waals surface area contributed by atoms with Crippen LogP contribution >= 0.6 is 0 Å². The summed E-state index contributed by atoms with van der Waals surface area (Å²) in [6.07, 6.45) is 7.76. The van der Waals surface area contributed by atoms with Crippen molar-refractivity contribution >= 4 is 11.9 Å². The molecule has 1 heterocycles. The van der Waals surface area contributed by atoms with Crippen LogP contribution in [0.2, 0.25) is 0 Å². The smallest absolute Gasteiger partial charge is 0.328 e. The summed E-state index contributed by atoms with van der Waals surface area (Å²) in [5.41, 5.74) is 1.19. The fourth-order valence-corrected chi connectivity index (χ4v) is 3.42. The first-order valence-electron chi connectivity index (χ1n) is 8.93. The summed E-state index contributed by atoms with van der Waals surface area (Å²) in [6, 6.07) is 6.19. The largest absolute Gasteiger partial charge is 0.467 e. The van der Waals surface area contributed by atoms with Crippen molar-refractivity contribution < 1.29 is 18.8 Å². The Balaban J connectivity index is 1.65. The molecule has 7 nitrogen and oxygen atoms in total. The van der Waals surface area contributed by atoms with E-state index in [1.807, 2.05) is 0 Å². The first kappa shape index (κ1) is 18.1. The van der Waals surface area contributed by atoms with Gasteiger partial charge >= 0.3 is 5.97 Å². The predicted octanol–water partition coefficient (Wildman–Crippen LogP) is 2.98. The second-order valence-electron chi connectivity index (χ2n) is 6.61. The summed E-state index contributed by atoms with van der Waals surface area (Å²) in [4.78, 5) is 28.6. The molecule has 1 aromatic heterocycles. The van der Waals surface area contributed by atoms with Crippen LogP contribution in [0.3, 0.4) is 0 Å². The van der Waals surface area contributed by atoms with Crippen LogP contribution in [0.15, 0.2) is 35.1 Å². The van der Waals surface area contributed by atoms with Gasteiger partial charge in [-0.3, -0.25) is 4.79 Å². The molecule has 1 aliphatic rings. The van der Waals surface area contributed by atoms with Crippen molar-refractivity contribution in [2.75, 3.05) is 7.11 Å². The summed E-state index contributed by atoms with van der Waals surface area (Å²) in [5.74, 6) is 0.148. The van der Waals surface area contributed by atoms with Crippen molar-refractivity contribution in [2.24, 2.45) is 5.92 Å². The van der Waals surface area contributed by atoms with Crippen molar-refractivity contribution in [2.45, 2.75) is 44.6 Å². The van der Waals surface area contributed by atoms with Gasteiger partial charge in [-0.2, -0.15) is 4.98 Å². The van der Waals surface area contributed by atoms with E-state index in [2.05, 4.69) is 15.5 Å². The molecule has 2 aromatic rings. The Bertz CT molecular complexity index is 722. The highest BCUT2D eigenvalue weighted by molar-refractivity contribution is 5.97. The van der Waals surface area contributed by atoms with Gasteiger partial charge < -0.3 is 14.6 Å². The molecule has 0 saturated heterocycles. The molecule has 1 amide bonds. The normalized spacial score (nSPS) is 16.0. The zero-order chi connectivity index (χ0) is 18.4. The van der Waals surface area contributed by atoms with E-state index < -0.39 is 12.0 Å². The van der Waals surface area contributed by atoms with E-state index in [0.717, 1.165) is 18.4 Å². The molecule has 7 heteroatoms. The average Bonchev–Trinajstić information content (AvgIpc) is 3.22. The number of hydrogen-bond donors (Lipinski definition) is 1. The lowest BCUT2D eigenvalue weighted by Gasteiger charge is -2.25. The van der Waals surface area contributed by atoms with Crippen LogP contribution in [0.1, 0.15) is 48.9 Å². The molecule has 0 unspecified atom stereocenters. The van der Waals surface area contributed by atoms with Crippen LogP contribution in [-0.4, -0.2) is 35.2 Å². The molecule has 1 fully saturated rings. The second kappa shape index (κ2) is 8.60. The molecule has 26 heavy (non-hydrogen) atoms. The summed E-state index contributed by atoms with van der Waals surface area (Å²) in [7, 11) is 1.35. The highest BCUT2D eigenvalue weighted by Gasteiger charge is 2.26. The van der Waals surface area contributed by atoms with Gasteiger partial charge in [-0.15, -0.1) is 0 Å². The van der Waals surface area contributed by atoms with Crippen molar-refractivity contribution in [3.63, 3.8) is 0 Å². The Morgan fingerprint density at radius 1 is 1.23 bits per heavy atom. The number of aromatic nitrogens is 2. The molecule has 0 bridgehead atoms. The monoisotopic (exact) mass is 357 g/mol. The molecule has 138 valence electrons. The maximum absolute atomic E-state index is 12.5. The van der Waals surface area contributed by atoms with Gasteiger partial charge in [0.1, 0.15) is 6.04 Å². The fourth-order valence-electron chi connectivity index (χ4n) is 3.42. The summed E-state index contributed by atoms with van der Waals surface area (Å²) in [6.45, 7) is 0. The molecular weight excluding hydrogens is 334 g/mol. The first-order valence-corrected chi connectivity index (χ1v) is 8.93. The van der Waals surface area contributed by atoms with E-state index in [1.54, 1.807) is 24.3 Å². The Hall–Kier alpha value is -2.70. The number of carbonyl (C=O) groups is 2. The lowest BCUT2D eigenvalue weighted by Crippen LogP contribution is -2.43. The lowest BCUT2D eigenvalue weighted by atomic mass is 9.84. The second-order valence-corrected chi connectivity index (χ2v) is 6.61. The maximum Gasteiger partial charge on any atom is 0.328 e. The molecule has 1 aliphatic carbocycles. The molecule has 3 rings (SSSR count). The van der Waals surface area contributed by atoms with Crippen LogP contribution in [0, 0.1) is 5.92 Å². The minimum Gasteiger partial charge on any atom is -0.467 e. The number of methoxy groups -OCH3 is 1. The van der Waals surface area contributed by atoms with Crippen LogP contribution in [0.4, 0.5) is 0 Å². The van der Waals surface area contributed by atoms with Gasteiger partial charge in [0.25, 0.3) is 11.8 Å². The van der Waals surface area contributed by atoms with Gasteiger partial charge in [0.05, 0.1) is 7.11 Å². The van der Waals surface area contributed by atoms with Crippen molar-refractivity contribution in [1.29, 1.82) is 0 Å². The fraction of sp³-hybridized carbons (Fsp3) is 0.474. The lowest BCUT2D eigenvalue weighted by molar-refractivity contribution is -0.143. The van der Waals surface area contributed by atoms with Crippen LogP contribution < -0.4 is 5.32 Å². The van der Waals surface area contributed by atoms with Gasteiger partial charge in [0.2, 0.25) is 0 Å². The van der Waals surface area contributed by atoms with Crippen LogP contribution in [0.25, 0.3) is 11.5 Å². The molecule has 0 spiro atoms. The van der Waals surface area contributed by atoms with Crippen LogP contribution in [-0.2, 0) is 9.53 Å². The van der Waals surface area contributed by atoms with Crippen molar-refractivity contribution in [3.8, 4) is 11.5 Å². The number of hydrogen-bond acceptors (Lipinski definition) is 6. The summed E-state index contributed by atoms with van der Waals surface area (Å²) < 4.78 is 9.87. The van der Waals surface area contributed by atoms with Gasteiger partial charge in [-0.05, 0) is 36.6 Å². The van der Waals surface area contributed by atoms with E-state index in [-0.39, 0.29) is 5.91 Å². The number of esters is 1. The van der Waals surface area contributed by atoms with E-state index in [1.165, 1.54) is 32.7 Å². The molecule has 1 aromatic carbocycles. The molecular formula is C19H23N3O4. The average molecular weight is 357 g/mol. The van der Waals surface area contributed by atoms with Crippen LogP contribution in [0.5, 0.6) is 0 Å². The zero-order valence-corrected chi connectivity index (χ0v) is 14.8. The predicted molar refractivity (Wildman–Crippen MR) is 94.2 cm³/mol. The van der Waals surface area contributed by atoms with Gasteiger partial charge in [0.15, 0.2) is 6.33 Å². The zero-order valence-electron chi connectivity index (χ0n) is 14.8. The highest BCUT2D eigenvalue weighted by Crippen LogP contribution is 2.27. The number of nitrogens with zero attached hydrogens (tertiary/aromatic N) is 2. The number of carbonyl (C=O) groups excluding carboxylic acids is 2. The first-order chi connectivity index (χ1) is 12.7. The topological polar surface area (TPSA) is 94.3 Å². The van der Waals surface area contributed by atoms with Gasteiger partial charge in [0, 0.05) is 11.1 Å². The molecule has 0 radical (unpaired) electrons. The van der Waals surface area contributed by atoms with Gasteiger partial charge in [-0.25, -0.2) is 4.79 Å². The minimum absolute atomic E-state index is 0.298. The standard InChI is InChI=1S/C19H23N3O4/c1-25-19(24)16(11-13-5-3-2-4-6-13)22-17(23)14-7-9-15(10-8-14)18-20-12-21-26-18/h7-10,12-13,16H,2-6,11H2,1H3,(H,22,23)/t16-/m1/s1. The number of rotatable bonds is 6. The Labute approximate surface area is 152 Å². The van der Waals surface area contributed by atoms with Crippen molar-refractivity contribution in [1.82, 2.24) is 15.5 Å². The third-order valence-electron chi connectivity index (χ3n) is 4.84. The summed E-state index contributed by atoms with van der Waals surface area (Å²) in [5, 5.41) is 6.38. The number of amides is 1. The Morgan fingerprint density at radius 2 is 1.96 bits per heavy atom. The SMILES string of the molecule is COC(=O)[C@@H](CC1CCCCC1)NC(=O)c1ccc(-c2ncno2)cc1. The Morgan fingerprint density at radius 3 is 2.58 bits per heavy atom. The number of benzene rings is 1. The molecule has 1 saturated carbocycles. The van der Waals surface area contributed by atoms with E-state index in [9.17, 15) is 9.59 Å². The number of ether oxygens (including phenoxy) is 1. The summed E-state index contributed by atoms with van der Waals surface area (Å²) >= 11 is 0. The van der Waals surface area contributed by atoms with Gasteiger partial charge in [-0.1, -0.05) is 37.3 Å². The van der Waals surface area contributed by atoms with Crippen molar-refractivity contribution in [3.05, 3.63) is 36.2 Å². The van der Waals surface area contributed by atoms with E-state index >= 15 is 0 Å². The highest BCUT2D eigenvalue weighted by atomic mass is 16.5. The molecule has 1 N–H and O–H groups in total. The third-order valence-corrected chi connectivity index (χ3v) is 4.84. The quantitative estimate of drug-likeness (QED) is 0.799. The third kappa shape index (κ3) is 4.47. The number of nitrogens with one attached hydrogen (secondary N) is 1. The van der Waals surface area contributed by atoms with E-state index in [0.29, 0.717) is 23.8 Å². The Kier molecular flexibility index (Phi) is 5.99.